The molecule has 0 bridgehead atoms. The first kappa shape index (κ1) is 20.7. The second-order valence-corrected chi connectivity index (χ2v) is 7.35. The van der Waals surface area contributed by atoms with E-state index >= 15 is 0 Å². The number of hydrogen-bond acceptors (Lipinski definition) is 4. The van der Waals surface area contributed by atoms with E-state index in [1.54, 1.807) is 0 Å². The van der Waals surface area contributed by atoms with Gasteiger partial charge in [0.2, 0.25) is 0 Å². The number of aliphatic imine (C=N–C) groups is 1. The zero-order chi connectivity index (χ0) is 18.8. The van der Waals surface area contributed by atoms with Gasteiger partial charge in [-0.2, -0.15) is 5.10 Å². The third kappa shape index (κ3) is 7.33. The van der Waals surface area contributed by atoms with Crippen molar-refractivity contribution in [3.05, 3.63) is 18.0 Å². The molecular weight excluding hydrogens is 328 g/mol. The summed E-state index contributed by atoms with van der Waals surface area (Å²) >= 11 is 0. The van der Waals surface area contributed by atoms with Crippen LogP contribution in [0.15, 0.2) is 17.4 Å². The lowest BCUT2D eigenvalue weighted by Gasteiger charge is -2.34. The highest BCUT2D eigenvalue weighted by Crippen LogP contribution is 2.14. The molecule has 1 aromatic rings. The second-order valence-electron chi connectivity index (χ2n) is 7.35. The van der Waals surface area contributed by atoms with Crippen LogP contribution in [-0.2, 0) is 18.2 Å². The Labute approximate surface area is 158 Å². The molecule has 0 amide bonds. The minimum absolute atomic E-state index is 0.479. The van der Waals surface area contributed by atoms with Crippen molar-refractivity contribution in [1.29, 1.82) is 0 Å². The summed E-state index contributed by atoms with van der Waals surface area (Å²) in [6.07, 6.45) is 6.08. The van der Waals surface area contributed by atoms with Crippen LogP contribution < -0.4 is 10.6 Å². The van der Waals surface area contributed by atoms with Gasteiger partial charge in [-0.15, -0.1) is 0 Å². The number of guanidine groups is 1. The highest BCUT2D eigenvalue weighted by molar-refractivity contribution is 5.79. The number of hydrogen-bond donors (Lipinski definition) is 2. The molecule has 1 saturated heterocycles. The van der Waals surface area contributed by atoms with Gasteiger partial charge in [0, 0.05) is 45.5 Å². The number of rotatable bonds is 9. The van der Waals surface area contributed by atoms with Crippen molar-refractivity contribution in [2.75, 3.05) is 45.9 Å². The number of nitrogens with zero attached hydrogens (tertiary/aromatic N) is 4. The van der Waals surface area contributed by atoms with E-state index in [2.05, 4.69) is 47.6 Å². The van der Waals surface area contributed by atoms with Gasteiger partial charge < -0.3 is 15.4 Å². The summed E-state index contributed by atoms with van der Waals surface area (Å²) in [4.78, 5) is 7.40. The molecule has 2 heterocycles. The quantitative estimate of drug-likeness (QED) is 0.510. The van der Waals surface area contributed by atoms with Crippen LogP contribution in [0.5, 0.6) is 0 Å². The largest absolute Gasteiger partial charge is 0.379 e. The lowest BCUT2D eigenvalue weighted by molar-refractivity contribution is 0.0143. The molecule has 1 aliphatic rings. The molecule has 0 radical (unpaired) electrons. The molecule has 2 N–H and O–H groups in total. The molecule has 0 aromatic carbocycles. The van der Waals surface area contributed by atoms with E-state index in [-0.39, 0.29) is 0 Å². The van der Waals surface area contributed by atoms with Gasteiger partial charge in [-0.25, -0.2) is 0 Å². The molecule has 1 atom stereocenters. The Bertz CT molecular complexity index is 536. The number of aryl methyl sites for hydroxylation is 1. The first-order chi connectivity index (χ1) is 12.6. The first-order valence-corrected chi connectivity index (χ1v) is 9.90. The number of nitrogens with one attached hydrogen (secondary N) is 2. The average Bonchev–Trinajstić information content (AvgIpc) is 3.04. The Balaban J connectivity index is 1.88. The highest BCUT2D eigenvalue weighted by atomic mass is 16.5. The van der Waals surface area contributed by atoms with E-state index in [9.17, 15) is 0 Å². The van der Waals surface area contributed by atoms with E-state index in [0.29, 0.717) is 12.0 Å². The zero-order valence-electron chi connectivity index (χ0n) is 16.9. The van der Waals surface area contributed by atoms with Crippen LogP contribution in [0.25, 0.3) is 0 Å². The smallest absolute Gasteiger partial charge is 0.191 e. The SMILES string of the molecule is CCNC(=NCC(CC(C)C)N1CCOCC1)NCCc1cnn(C)c1. The van der Waals surface area contributed by atoms with Crippen LogP contribution in [0.1, 0.15) is 32.8 Å². The van der Waals surface area contributed by atoms with Crippen molar-refractivity contribution in [3.63, 3.8) is 0 Å². The van der Waals surface area contributed by atoms with Gasteiger partial charge in [-0.05, 0) is 31.2 Å². The highest BCUT2D eigenvalue weighted by Gasteiger charge is 2.21. The van der Waals surface area contributed by atoms with E-state index in [4.69, 9.17) is 9.73 Å². The molecule has 0 spiro atoms. The topological polar surface area (TPSA) is 66.7 Å². The minimum Gasteiger partial charge on any atom is -0.379 e. The molecule has 7 nitrogen and oxygen atoms in total. The molecule has 1 fully saturated rings. The van der Waals surface area contributed by atoms with Crippen LogP contribution in [0, 0.1) is 5.92 Å². The maximum absolute atomic E-state index is 5.51. The van der Waals surface area contributed by atoms with Crippen LogP contribution in [0.4, 0.5) is 0 Å². The second kappa shape index (κ2) is 11.2. The summed E-state index contributed by atoms with van der Waals surface area (Å²) in [6, 6.07) is 0.479. The fraction of sp³-hybridized carbons (Fsp3) is 0.789. The number of aromatic nitrogens is 2. The van der Waals surface area contributed by atoms with Crippen molar-refractivity contribution < 1.29 is 4.74 Å². The van der Waals surface area contributed by atoms with E-state index in [0.717, 1.165) is 58.3 Å². The fourth-order valence-electron chi connectivity index (χ4n) is 3.29. The lowest BCUT2D eigenvalue weighted by atomic mass is 10.0. The molecule has 1 aliphatic heterocycles. The van der Waals surface area contributed by atoms with Crippen LogP contribution >= 0.6 is 0 Å². The molecule has 0 saturated carbocycles. The predicted molar refractivity (Wildman–Crippen MR) is 107 cm³/mol. The standard InChI is InChI=1S/C19H36N6O/c1-5-20-19(21-7-6-17-13-23-24(4)15-17)22-14-18(12-16(2)3)25-8-10-26-11-9-25/h13,15-16,18H,5-12,14H2,1-4H3,(H2,20,21,22). The molecule has 148 valence electrons. The van der Waals surface area contributed by atoms with Crippen LogP contribution in [-0.4, -0.2) is 72.6 Å². The predicted octanol–water partition coefficient (Wildman–Crippen LogP) is 1.26. The first-order valence-electron chi connectivity index (χ1n) is 9.90. The van der Waals surface area contributed by atoms with Crippen molar-refractivity contribution in [2.24, 2.45) is 18.0 Å². The number of ether oxygens (including phenoxy) is 1. The third-order valence-corrected chi connectivity index (χ3v) is 4.57. The van der Waals surface area contributed by atoms with Gasteiger partial charge in [0.05, 0.1) is 26.0 Å². The monoisotopic (exact) mass is 364 g/mol. The van der Waals surface area contributed by atoms with Crippen molar-refractivity contribution in [1.82, 2.24) is 25.3 Å². The fourth-order valence-corrected chi connectivity index (χ4v) is 3.29. The van der Waals surface area contributed by atoms with Gasteiger partial charge in [0.15, 0.2) is 5.96 Å². The van der Waals surface area contributed by atoms with E-state index < -0.39 is 0 Å². The molecule has 1 aromatic heterocycles. The van der Waals surface area contributed by atoms with E-state index in [1.807, 2.05) is 17.9 Å². The molecular formula is C19H36N6O. The molecule has 0 aliphatic carbocycles. The molecule has 1 unspecified atom stereocenters. The summed E-state index contributed by atoms with van der Waals surface area (Å²) in [6.45, 7) is 12.9. The van der Waals surface area contributed by atoms with Gasteiger partial charge in [-0.1, -0.05) is 13.8 Å². The lowest BCUT2D eigenvalue weighted by Crippen LogP contribution is -2.46. The summed E-state index contributed by atoms with van der Waals surface area (Å²) in [5.41, 5.74) is 1.24. The number of morpholine rings is 1. The van der Waals surface area contributed by atoms with Crippen molar-refractivity contribution in [2.45, 2.75) is 39.7 Å². The van der Waals surface area contributed by atoms with Crippen molar-refractivity contribution >= 4 is 5.96 Å². The Hall–Kier alpha value is -1.60. The Morgan fingerprint density at radius 1 is 1.31 bits per heavy atom. The van der Waals surface area contributed by atoms with Gasteiger partial charge >= 0.3 is 0 Å². The average molecular weight is 365 g/mol. The third-order valence-electron chi connectivity index (χ3n) is 4.57. The van der Waals surface area contributed by atoms with Gasteiger partial charge in [0.1, 0.15) is 0 Å². The van der Waals surface area contributed by atoms with Crippen molar-refractivity contribution in [3.8, 4) is 0 Å². The Kier molecular flexibility index (Phi) is 8.91. The maximum Gasteiger partial charge on any atom is 0.191 e. The summed E-state index contributed by atoms with van der Waals surface area (Å²) in [5.74, 6) is 1.57. The minimum atomic E-state index is 0.479. The van der Waals surface area contributed by atoms with Gasteiger partial charge in [0.25, 0.3) is 0 Å². The zero-order valence-corrected chi connectivity index (χ0v) is 16.9. The summed E-state index contributed by atoms with van der Waals surface area (Å²) in [7, 11) is 1.95. The normalized spacial score (nSPS) is 17.5. The Morgan fingerprint density at radius 3 is 2.69 bits per heavy atom. The van der Waals surface area contributed by atoms with Gasteiger partial charge in [-0.3, -0.25) is 14.6 Å². The Morgan fingerprint density at radius 2 is 2.08 bits per heavy atom. The molecule has 7 heteroatoms. The maximum atomic E-state index is 5.51. The van der Waals surface area contributed by atoms with Crippen LogP contribution in [0.3, 0.4) is 0 Å². The summed E-state index contributed by atoms with van der Waals surface area (Å²) < 4.78 is 7.35. The molecule has 26 heavy (non-hydrogen) atoms. The van der Waals surface area contributed by atoms with Crippen LogP contribution in [0.2, 0.25) is 0 Å². The summed E-state index contributed by atoms with van der Waals surface area (Å²) in [5, 5.41) is 11.0. The van der Waals surface area contributed by atoms with E-state index in [1.165, 1.54) is 12.0 Å². The molecule has 2 rings (SSSR count).